The second kappa shape index (κ2) is 6.42. The average molecular weight is 269 g/mol. The highest BCUT2D eigenvalue weighted by Crippen LogP contribution is 2.16. The fourth-order valence-corrected chi connectivity index (χ4v) is 3.13. The standard InChI is InChI=1S/C12H19N3S2/c1-10-11(9-13-5-3-4-7-16-2)15-6-8-17-12(15)14-10/h6,8,13H,3-5,7,9H2,1-2H3. The summed E-state index contributed by atoms with van der Waals surface area (Å²) in [6.07, 6.45) is 6.82. The van der Waals surface area contributed by atoms with E-state index in [2.05, 4.69) is 39.5 Å². The molecule has 1 N–H and O–H groups in total. The van der Waals surface area contributed by atoms with Crippen molar-refractivity contribution in [2.24, 2.45) is 0 Å². The largest absolute Gasteiger partial charge is 0.311 e. The number of hydrogen-bond donors (Lipinski definition) is 1. The highest BCUT2D eigenvalue weighted by molar-refractivity contribution is 7.98. The van der Waals surface area contributed by atoms with E-state index in [-0.39, 0.29) is 0 Å². The fourth-order valence-electron chi connectivity index (χ4n) is 1.86. The molecule has 0 unspecified atom stereocenters. The number of rotatable bonds is 7. The average Bonchev–Trinajstić information content (AvgIpc) is 2.85. The van der Waals surface area contributed by atoms with Gasteiger partial charge in [0.25, 0.3) is 0 Å². The Hall–Kier alpha value is -0.520. The van der Waals surface area contributed by atoms with Crippen molar-refractivity contribution >= 4 is 28.1 Å². The van der Waals surface area contributed by atoms with Gasteiger partial charge in [0.15, 0.2) is 4.96 Å². The Morgan fingerprint density at radius 3 is 3.18 bits per heavy atom. The van der Waals surface area contributed by atoms with Crippen LogP contribution < -0.4 is 5.32 Å². The van der Waals surface area contributed by atoms with Gasteiger partial charge in [-0.1, -0.05) is 0 Å². The maximum Gasteiger partial charge on any atom is 0.194 e. The lowest BCUT2D eigenvalue weighted by Crippen LogP contribution is -2.16. The summed E-state index contributed by atoms with van der Waals surface area (Å²) < 4.78 is 2.19. The first-order chi connectivity index (χ1) is 8.33. The van der Waals surface area contributed by atoms with Crippen molar-refractivity contribution in [1.29, 1.82) is 0 Å². The molecular formula is C12H19N3S2. The van der Waals surface area contributed by atoms with Crippen LogP contribution in [0.3, 0.4) is 0 Å². The van der Waals surface area contributed by atoms with Gasteiger partial charge in [0.2, 0.25) is 0 Å². The Morgan fingerprint density at radius 1 is 1.47 bits per heavy atom. The number of unbranched alkanes of at least 4 members (excludes halogenated alkanes) is 1. The van der Waals surface area contributed by atoms with Gasteiger partial charge in [0.05, 0.1) is 11.4 Å². The first-order valence-electron chi connectivity index (χ1n) is 5.93. The van der Waals surface area contributed by atoms with Crippen LogP contribution in [0.5, 0.6) is 0 Å². The highest BCUT2D eigenvalue weighted by Gasteiger charge is 2.08. The molecule has 0 saturated carbocycles. The third kappa shape index (κ3) is 3.24. The Balaban J connectivity index is 1.82. The molecule has 5 heteroatoms. The molecule has 0 fully saturated rings. The van der Waals surface area contributed by atoms with Crippen molar-refractivity contribution in [3.05, 3.63) is 23.0 Å². The molecule has 0 saturated heterocycles. The molecule has 0 radical (unpaired) electrons. The number of aromatic nitrogens is 2. The first kappa shape index (κ1) is 12.9. The van der Waals surface area contributed by atoms with Crippen molar-refractivity contribution in [2.45, 2.75) is 26.3 Å². The second-order valence-corrected chi connectivity index (χ2v) is 5.93. The number of thiazole rings is 1. The monoisotopic (exact) mass is 269 g/mol. The van der Waals surface area contributed by atoms with Crippen LogP contribution in [0.15, 0.2) is 11.6 Å². The summed E-state index contributed by atoms with van der Waals surface area (Å²) >= 11 is 3.62. The molecule has 2 aromatic rings. The van der Waals surface area contributed by atoms with Crippen molar-refractivity contribution < 1.29 is 0 Å². The minimum Gasteiger partial charge on any atom is -0.311 e. The van der Waals surface area contributed by atoms with Crippen molar-refractivity contribution in [3.8, 4) is 0 Å². The molecule has 0 aliphatic rings. The molecule has 2 heterocycles. The molecule has 0 atom stereocenters. The minimum absolute atomic E-state index is 0.920. The predicted molar refractivity (Wildman–Crippen MR) is 77.1 cm³/mol. The van der Waals surface area contributed by atoms with Crippen LogP contribution in [0.2, 0.25) is 0 Å². The maximum absolute atomic E-state index is 4.54. The number of nitrogens with one attached hydrogen (secondary N) is 1. The van der Waals surface area contributed by atoms with E-state index in [0.29, 0.717) is 0 Å². The molecule has 0 amide bonds. The third-order valence-electron chi connectivity index (χ3n) is 2.81. The van der Waals surface area contributed by atoms with Gasteiger partial charge >= 0.3 is 0 Å². The summed E-state index contributed by atoms with van der Waals surface area (Å²) in [6.45, 7) is 4.10. The molecule has 2 rings (SSSR count). The number of hydrogen-bond acceptors (Lipinski definition) is 4. The van der Waals surface area contributed by atoms with Gasteiger partial charge in [-0.15, -0.1) is 11.3 Å². The van der Waals surface area contributed by atoms with Crippen LogP contribution in [-0.4, -0.2) is 27.9 Å². The van der Waals surface area contributed by atoms with Gasteiger partial charge in [-0.2, -0.15) is 11.8 Å². The molecule has 2 aromatic heterocycles. The summed E-state index contributed by atoms with van der Waals surface area (Å²) in [5, 5.41) is 5.59. The second-order valence-electron chi connectivity index (χ2n) is 4.08. The lowest BCUT2D eigenvalue weighted by Gasteiger charge is -2.04. The molecule has 3 nitrogen and oxygen atoms in total. The summed E-state index contributed by atoms with van der Waals surface area (Å²) in [5.41, 5.74) is 2.44. The molecule has 94 valence electrons. The van der Waals surface area contributed by atoms with E-state index in [1.165, 1.54) is 24.3 Å². The number of imidazole rings is 1. The van der Waals surface area contributed by atoms with Crippen LogP contribution in [0.25, 0.3) is 4.96 Å². The van der Waals surface area contributed by atoms with Gasteiger partial charge in [0, 0.05) is 18.1 Å². The van der Waals surface area contributed by atoms with Crippen LogP contribution >= 0.6 is 23.1 Å². The Bertz CT molecular complexity index is 461. The van der Waals surface area contributed by atoms with E-state index in [1.54, 1.807) is 11.3 Å². The predicted octanol–water partition coefficient (Wildman–Crippen LogP) is 2.94. The van der Waals surface area contributed by atoms with Crippen LogP contribution in [0.1, 0.15) is 24.2 Å². The lowest BCUT2D eigenvalue weighted by molar-refractivity contribution is 0.631. The summed E-state index contributed by atoms with van der Waals surface area (Å²) in [6, 6.07) is 0. The molecule has 0 aliphatic heterocycles. The van der Waals surface area contributed by atoms with Crippen molar-refractivity contribution in [3.63, 3.8) is 0 Å². The molecule has 17 heavy (non-hydrogen) atoms. The maximum atomic E-state index is 4.54. The van der Waals surface area contributed by atoms with Crippen LogP contribution in [0.4, 0.5) is 0 Å². The molecule has 0 spiro atoms. The Labute approximate surface area is 111 Å². The van der Waals surface area contributed by atoms with Crippen molar-refractivity contribution in [1.82, 2.24) is 14.7 Å². The summed E-state index contributed by atoms with van der Waals surface area (Å²) in [7, 11) is 0. The SMILES string of the molecule is CSCCCCNCc1c(C)nc2sccn12. The van der Waals surface area contributed by atoms with Gasteiger partial charge in [-0.3, -0.25) is 4.40 Å². The summed E-state index contributed by atoms with van der Waals surface area (Å²) in [5.74, 6) is 1.27. The van der Waals surface area contributed by atoms with Gasteiger partial charge in [-0.05, 0) is 38.3 Å². The number of nitrogens with zero attached hydrogens (tertiary/aromatic N) is 2. The van der Waals surface area contributed by atoms with E-state index < -0.39 is 0 Å². The van der Waals surface area contributed by atoms with E-state index >= 15 is 0 Å². The topological polar surface area (TPSA) is 29.3 Å². The smallest absolute Gasteiger partial charge is 0.194 e. The highest BCUT2D eigenvalue weighted by atomic mass is 32.2. The Morgan fingerprint density at radius 2 is 2.35 bits per heavy atom. The summed E-state index contributed by atoms with van der Waals surface area (Å²) in [4.78, 5) is 5.64. The molecular weight excluding hydrogens is 250 g/mol. The zero-order valence-electron chi connectivity index (χ0n) is 10.4. The molecule has 0 bridgehead atoms. The molecule has 0 aromatic carbocycles. The van der Waals surface area contributed by atoms with E-state index in [9.17, 15) is 0 Å². The van der Waals surface area contributed by atoms with Gasteiger partial charge < -0.3 is 5.32 Å². The zero-order chi connectivity index (χ0) is 12.1. The third-order valence-corrected chi connectivity index (χ3v) is 4.26. The van der Waals surface area contributed by atoms with Gasteiger partial charge in [-0.25, -0.2) is 4.98 Å². The van der Waals surface area contributed by atoms with E-state index in [1.807, 2.05) is 11.8 Å². The van der Waals surface area contributed by atoms with Crippen LogP contribution in [-0.2, 0) is 6.54 Å². The Kier molecular flexibility index (Phi) is 4.88. The normalized spacial score (nSPS) is 11.4. The fraction of sp³-hybridized carbons (Fsp3) is 0.583. The quantitative estimate of drug-likeness (QED) is 0.784. The molecule has 0 aliphatic carbocycles. The van der Waals surface area contributed by atoms with Crippen molar-refractivity contribution in [2.75, 3.05) is 18.6 Å². The van der Waals surface area contributed by atoms with E-state index in [0.717, 1.165) is 23.7 Å². The number of aryl methyl sites for hydroxylation is 1. The lowest BCUT2D eigenvalue weighted by atomic mass is 10.3. The minimum atomic E-state index is 0.920. The number of fused-ring (bicyclic) bond motifs is 1. The van der Waals surface area contributed by atoms with Gasteiger partial charge in [0.1, 0.15) is 0 Å². The first-order valence-corrected chi connectivity index (χ1v) is 8.21. The van der Waals surface area contributed by atoms with E-state index in [4.69, 9.17) is 0 Å². The van der Waals surface area contributed by atoms with Crippen LogP contribution in [0, 0.1) is 6.92 Å². The number of thioether (sulfide) groups is 1. The zero-order valence-corrected chi connectivity index (χ0v) is 12.0.